The predicted octanol–water partition coefficient (Wildman–Crippen LogP) is 5.08. The average molecular weight is 364 g/mol. The summed E-state index contributed by atoms with van der Waals surface area (Å²) < 4.78 is 28.3. The van der Waals surface area contributed by atoms with Crippen LogP contribution in [0.15, 0.2) is 48.7 Å². The van der Waals surface area contributed by atoms with Crippen molar-refractivity contribution >= 4 is 11.7 Å². The van der Waals surface area contributed by atoms with Crippen molar-refractivity contribution in [2.75, 3.05) is 5.32 Å². The molecular weight excluding hydrogens is 346 g/mol. The maximum absolute atomic E-state index is 14.6. The highest BCUT2D eigenvalue weighted by molar-refractivity contribution is 6.04. The van der Waals surface area contributed by atoms with Crippen molar-refractivity contribution in [3.05, 3.63) is 82.5 Å². The van der Waals surface area contributed by atoms with Gasteiger partial charge in [-0.05, 0) is 72.7 Å². The zero-order chi connectivity index (χ0) is 19.0. The quantitative estimate of drug-likeness (QED) is 0.704. The molecule has 0 bridgehead atoms. The number of amides is 1. The standard InChI is InChI=1S/C22H18F2N2O/c1-13-18(11-14-5-4-7-16(14)21(13)24)15-9-10-20(25-12-15)26-22(27)17-6-2-3-8-19(17)23/h2-3,6,8-12H,4-5,7H2,1H3,(H,25,26,27). The Morgan fingerprint density at radius 1 is 1.11 bits per heavy atom. The molecule has 3 nitrogen and oxygen atoms in total. The number of hydrogen-bond donors (Lipinski definition) is 1. The molecule has 0 saturated heterocycles. The summed E-state index contributed by atoms with van der Waals surface area (Å²) in [6.45, 7) is 1.77. The number of nitrogens with zero attached hydrogens (tertiary/aromatic N) is 1. The van der Waals surface area contributed by atoms with Gasteiger partial charge < -0.3 is 5.32 Å². The molecule has 0 aliphatic heterocycles. The first-order valence-electron chi connectivity index (χ1n) is 8.88. The van der Waals surface area contributed by atoms with Gasteiger partial charge in [0.1, 0.15) is 17.5 Å². The number of pyridine rings is 1. The lowest BCUT2D eigenvalue weighted by Gasteiger charge is -2.12. The molecule has 5 heteroatoms. The van der Waals surface area contributed by atoms with E-state index in [9.17, 15) is 13.6 Å². The fourth-order valence-electron chi connectivity index (χ4n) is 3.56. The zero-order valence-corrected chi connectivity index (χ0v) is 14.9. The Morgan fingerprint density at radius 3 is 2.67 bits per heavy atom. The molecule has 0 fully saturated rings. The Balaban J connectivity index is 1.59. The van der Waals surface area contributed by atoms with Gasteiger partial charge in [-0.2, -0.15) is 0 Å². The molecule has 0 atom stereocenters. The van der Waals surface area contributed by atoms with Crippen molar-refractivity contribution < 1.29 is 13.6 Å². The van der Waals surface area contributed by atoms with E-state index in [2.05, 4.69) is 10.3 Å². The number of nitrogens with one attached hydrogen (secondary N) is 1. The molecule has 1 aliphatic carbocycles. The lowest BCUT2D eigenvalue weighted by Crippen LogP contribution is -2.14. The molecule has 0 saturated carbocycles. The van der Waals surface area contributed by atoms with Crippen LogP contribution in [0.1, 0.15) is 33.5 Å². The Bertz CT molecular complexity index is 1030. The number of benzene rings is 2. The van der Waals surface area contributed by atoms with Crippen molar-refractivity contribution in [2.45, 2.75) is 26.2 Å². The second-order valence-electron chi connectivity index (χ2n) is 6.72. The molecule has 0 unspecified atom stereocenters. The maximum atomic E-state index is 14.6. The summed E-state index contributed by atoms with van der Waals surface area (Å²) in [5.41, 5.74) is 4.06. The van der Waals surface area contributed by atoms with Gasteiger partial charge in [0, 0.05) is 11.8 Å². The first-order valence-corrected chi connectivity index (χ1v) is 8.88. The van der Waals surface area contributed by atoms with Crippen molar-refractivity contribution in [1.29, 1.82) is 0 Å². The van der Waals surface area contributed by atoms with Crippen LogP contribution < -0.4 is 5.32 Å². The first-order chi connectivity index (χ1) is 13.0. The van der Waals surface area contributed by atoms with E-state index in [1.807, 2.05) is 6.07 Å². The third-order valence-corrected chi connectivity index (χ3v) is 5.01. The second kappa shape index (κ2) is 6.91. The van der Waals surface area contributed by atoms with E-state index in [4.69, 9.17) is 0 Å². The molecule has 2 aromatic carbocycles. The lowest BCUT2D eigenvalue weighted by atomic mass is 9.96. The van der Waals surface area contributed by atoms with Crippen LogP contribution in [-0.2, 0) is 12.8 Å². The number of carbonyl (C=O) groups is 1. The van der Waals surface area contributed by atoms with Gasteiger partial charge in [-0.25, -0.2) is 13.8 Å². The van der Waals surface area contributed by atoms with Crippen molar-refractivity contribution in [3.8, 4) is 11.1 Å². The van der Waals surface area contributed by atoms with E-state index in [0.29, 0.717) is 11.4 Å². The number of carbonyl (C=O) groups excluding carboxylic acids is 1. The summed E-state index contributed by atoms with van der Waals surface area (Å²) in [7, 11) is 0. The van der Waals surface area contributed by atoms with Crippen LogP contribution in [0.2, 0.25) is 0 Å². The molecule has 136 valence electrons. The van der Waals surface area contributed by atoms with Gasteiger partial charge >= 0.3 is 0 Å². The zero-order valence-electron chi connectivity index (χ0n) is 14.9. The molecule has 1 aromatic heterocycles. The number of aryl methyl sites for hydroxylation is 1. The maximum Gasteiger partial charge on any atom is 0.259 e. The number of hydrogen-bond acceptors (Lipinski definition) is 2. The third-order valence-electron chi connectivity index (χ3n) is 5.01. The normalized spacial score (nSPS) is 12.7. The topological polar surface area (TPSA) is 42.0 Å². The number of rotatable bonds is 3. The average Bonchev–Trinajstić information content (AvgIpc) is 3.14. The molecule has 4 rings (SSSR count). The summed E-state index contributed by atoms with van der Waals surface area (Å²) in [6, 6.07) is 11.2. The fourth-order valence-corrected chi connectivity index (χ4v) is 3.56. The van der Waals surface area contributed by atoms with E-state index in [1.54, 1.807) is 31.3 Å². The highest BCUT2D eigenvalue weighted by Gasteiger charge is 2.20. The Hall–Kier alpha value is -3.08. The molecule has 1 aliphatic rings. The van der Waals surface area contributed by atoms with E-state index in [-0.39, 0.29) is 11.4 Å². The van der Waals surface area contributed by atoms with Crippen LogP contribution in [0.3, 0.4) is 0 Å². The van der Waals surface area contributed by atoms with Crippen LogP contribution in [0.5, 0.6) is 0 Å². The van der Waals surface area contributed by atoms with Gasteiger partial charge in [0.05, 0.1) is 5.56 Å². The first kappa shape index (κ1) is 17.3. The summed E-state index contributed by atoms with van der Waals surface area (Å²) in [5, 5.41) is 2.58. The number of aromatic nitrogens is 1. The van der Waals surface area contributed by atoms with E-state index >= 15 is 0 Å². The van der Waals surface area contributed by atoms with Gasteiger partial charge in [-0.3, -0.25) is 4.79 Å². The smallest absolute Gasteiger partial charge is 0.259 e. The van der Waals surface area contributed by atoms with Gasteiger partial charge in [0.25, 0.3) is 5.91 Å². The monoisotopic (exact) mass is 364 g/mol. The van der Waals surface area contributed by atoms with E-state index in [0.717, 1.165) is 41.5 Å². The minimum atomic E-state index is -0.587. The molecule has 0 radical (unpaired) electrons. The van der Waals surface area contributed by atoms with Crippen LogP contribution >= 0.6 is 0 Å². The summed E-state index contributed by atoms with van der Waals surface area (Å²) >= 11 is 0. The summed E-state index contributed by atoms with van der Waals surface area (Å²) in [6.07, 6.45) is 4.26. The van der Waals surface area contributed by atoms with E-state index in [1.165, 1.54) is 18.2 Å². The molecule has 3 aromatic rings. The van der Waals surface area contributed by atoms with Gasteiger partial charge in [0.2, 0.25) is 0 Å². The number of fused-ring (bicyclic) bond motifs is 1. The lowest BCUT2D eigenvalue weighted by molar-refractivity contribution is 0.102. The molecule has 1 heterocycles. The van der Waals surface area contributed by atoms with Crippen LogP contribution in [0, 0.1) is 18.6 Å². The molecule has 27 heavy (non-hydrogen) atoms. The minimum absolute atomic E-state index is 0.0417. The molecule has 1 amide bonds. The predicted molar refractivity (Wildman–Crippen MR) is 101 cm³/mol. The summed E-state index contributed by atoms with van der Waals surface area (Å²) in [4.78, 5) is 16.4. The third kappa shape index (κ3) is 3.21. The number of anilines is 1. The Kier molecular flexibility index (Phi) is 4.44. The Morgan fingerprint density at radius 2 is 1.93 bits per heavy atom. The largest absolute Gasteiger partial charge is 0.306 e. The number of halogens is 2. The van der Waals surface area contributed by atoms with Crippen LogP contribution in [0.4, 0.5) is 14.6 Å². The van der Waals surface area contributed by atoms with Crippen molar-refractivity contribution in [2.24, 2.45) is 0 Å². The van der Waals surface area contributed by atoms with Crippen LogP contribution in [0.25, 0.3) is 11.1 Å². The fraction of sp³-hybridized carbons (Fsp3) is 0.182. The van der Waals surface area contributed by atoms with Crippen molar-refractivity contribution in [1.82, 2.24) is 4.98 Å². The molecule has 0 spiro atoms. The molecular formula is C22H18F2N2O. The minimum Gasteiger partial charge on any atom is -0.306 e. The van der Waals surface area contributed by atoms with Gasteiger partial charge in [0.15, 0.2) is 0 Å². The van der Waals surface area contributed by atoms with Crippen molar-refractivity contribution in [3.63, 3.8) is 0 Å². The highest BCUT2D eigenvalue weighted by Crippen LogP contribution is 2.34. The van der Waals surface area contributed by atoms with E-state index < -0.39 is 11.7 Å². The summed E-state index contributed by atoms with van der Waals surface area (Å²) in [5.74, 6) is -0.966. The second-order valence-corrected chi connectivity index (χ2v) is 6.72. The SMILES string of the molecule is Cc1c(-c2ccc(NC(=O)c3ccccc3F)nc2)cc2c(c1F)CCC2. The van der Waals surface area contributed by atoms with Gasteiger partial charge in [-0.1, -0.05) is 18.2 Å². The van der Waals surface area contributed by atoms with Gasteiger partial charge in [-0.15, -0.1) is 0 Å². The highest BCUT2D eigenvalue weighted by atomic mass is 19.1. The Labute approximate surface area is 156 Å². The molecule has 1 N–H and O–H groups in total. The van der Waals surface area contributed by atoms with Crippen LogP contribution in [-0.4, -0.2) is 10.9 Å².